The molecule has 8 heteroatoms. The molecule has 3 aromatic rings. The first-order chi connectivity index (χ1) is 12.1. The van der Waals surface area contributed by atoms with E-state index in [9.17, 15) is 13.6 Å². The molecule has 128 valence electrons. The van der Waals surface area contributed by atoms with Crippen molar-refractivity contribution < 1.29 is 22.7 Å². The van der Waals surface area contributed by atoms with Crippen molar-refractivity contribution in [2.45, 2.75) is 0 Å². The van der Waals surface area contributed by atoms with Gasteiger partial charge in [0.25, 0.3) is 5.91 Å². The largest absolute Gasteiger partial charge is 0.475 e. The van der Waals surface area contributed by atoms with Gasteiger partial charge in [-0.15, -0.1) is 10.2 Å². The van der Waals surface area contributed by atoms with Crippen LogP contribution in [0.4, 0.5) is 8.78 Å². The van der Waals surface area contributed by atoms with Gasteiger partial charge in [0.05, 0.1) is 12.8 Å². The quantitative estimate of drug-likeness (QED) is 0.695. The van der Waals surface area contributed by atoms with Crippen LogP contribution in [-0.4, -0.2) is 29.3 Å². The molecule has 1 aromatic carbocycles. The molecule has 1 N–H and O–H groups in total. The second-order valence-electron chi connectivity index (χ2n) is 4.97. The van der Waals surface area contributed by atoms with Gasteiger partial charge >= 0.3 is 0 Å². The lowest BCUT2D eigenvalue weighted by Gasteiger charge is -2.07. The summed E-state index contributed by atoms with van der Waals surface area (Å²) in [5, 5.41) is 10.4. The van der Waals surface area contributed by atoms with E-state index in [-0.39, 0.29) is 24.6 Å². The Kier molecular flexibility index (Phi) is 4.98. The van der Waals surface area contributed by atoms with Gasteiger partial charge in [-0.1, -0.05) is 0 Å². The maximum absolute atomic E-state index is 13.1. The summed E-state index contributed by atoms with van der Waals surface area (Å²) < 4.78 is 36.5. The molecule has 2 heterocycles. The number of benzene rings is 1. The van der Waals surface area contributed by atoms with Crippen molar-refractivity contribution in [2.24, 2.45) is 0 Å². The van der Waals surface area contributed by atoms with E-state index in [2.05, 4.69) is 15.5 Å². The van der Waals surface area contributed by atoms with Gasteiger partial charge in [-0.2, -0.15) is 0 Å². The van der Waals surface area contributed by atoms with E-state index in [1.807, 2.05) is 0 Å². The summed E-state index contributed by atoms with van der Waals surface area (Å²) in [5.41, 5.74) is 0.602. The summed E-state index contributed by atoms with van der Waals surface area (Å²) in [4.78, 5) is 11.8. The molecular weight excluding hydrogens is 332 g/mol. The normalized spacial score (nSPS) is 10.5. The van der Waals surface area contributed by atoms with Crippen molar-refractivity contribution in [1.29, 1.82) is 0 Å². The van der Waals surface area contributed by atoms with Crippen LogP contribution in [-0.2, 0) is 0 Å². The van der Waals surface area contributed by atoms with Gasteiger partial charge < -0.3 is 14.5 Å². The van der Waals surface area contributed by atoms with Crippen molar-refractivity contribution in [3.05, 3.63) is 65.9 Å². The number of halogens is 2. The number of aromatic nitrogens is 2. The van der Waals surface area contributed by atoms with Gasteiger partial charge in [0.2, 0.25) is 5.88 Å². The molecule has 2 aromatic heterocycles. The Hall–Kier alpha value is -3.29. The number of hydrogen-bond donors (Lipinski definition) is 1. The first-order valence-corrected chi connectivity index (χ1v) is 7.37. The van der Waals surface area contributed by atoms with Crippen LogP contribution in [0.2, 0.25) is 0 Å². The zero-order valence-corrected chi connectivity index (χ0v) is 12.9. The van der Waals surface area contributed by atoms with Gasteiger partial charge in [0.15, 0.2) is 17.4 Å². The van der Waals surface area contributed by atoms with Crippen LogP contribution in [0.3, 0.4) is 0 Å². The number of rotatable bonds is 6. The van der Waals surface area contributed by atoms with Crippen LogP contribution >= 0.6 is 0 Å². The predicted octanol–water partition coefficient (Wildman–Crippen LogP) is 2.82. The molecule has 25 heavy (non-hydrogen) atoms. The van der Waals surface area contributed by atoms with Gasteiger partial charge in [0.1, 0.15) is 12.3 Å². The molecule has 0 saturated carbocycles. The second-order valence-corrected chi connectivity index (χ2v) is 4.97. The van der Waals surface area contributed by atoms with Crippen LogP contribution in [0.1, 0.15) is 10.4 Å². The zero-order chi connectivity index (χ0) is 17.6. The molecule has 1 amide bonds. The van der Waals surface area contributed by atoms with E-state index in [4.69, 9.17) is 9.15 Å². The van der Waals surface area contributed by atoms with Gasteiger partial charge in [-0.05, 0) is 36.4 Å². The van der Waals surface area contributed by atoms with Crippen LogP contribution in [0.5, 0.6) is 5.88 Å². The average molecular weight is 345 g/mol. The highest BCUT2D eigenvalue weighted by molar-refractivity contribution is 5.94. The average Bonchev–Trinajstić information content (AvgIpc) is 3.16. The van der Waals surface area contributed by atoms with Crippen molar-refractivity contribution in [1.82, 2.24) is 15.5 Å². The summed E-state index contributed by atoms with van der Waals surface area (Å²) in [6.45, 7) is 0.309. The fourth-order valence-corrected chi connectivity index (χ4v) is 2.01. The third-order valence-corrected chi connectivity index (χ3v) is 3.23. The highest BCUT2D eigenvalue weighted by Crippen LogP contribution is 2.17. The molecular formula is C17H13F2N3O3. The molecule has 0 bridgehead atoms. The Morgan fingerprint density at radius 3 is 2.68 bits per heavy atom. The first kappa shape index (κ1) is 16.6. The molecule has 0 fully saturated rings. The number of amides is 1. The van der Waals surface area contributed by atoms with E-state index in [0.29, 0.717) is 11.5 Å². The number of ether oxygens (including phenoxy) is 1. The van der Waals surface area contributed by atoms with E-state index in [1.165, 1.54) is 12.3 Å². The Morgan fingerprint density at radius 1 is 1.12 bits per heavy atom. The van der Waals surface area contributed by atoms with Gasteiger partial charge in [0, 0.05) is 11.6 Å². The van der Waals surface area contributed by atoms with E-state index in [1.54, 1.807) is 24.3 Å². The predicted molar refractivity (Wildman–Crippen MR) is 83.9 cm³/mol. The number of furan rings is 1. The first-order valence-electron chi connectivity index (χ1n) is 7.37. The molecule has 0 atom stereocenters. The molecule has 0 spiro atoms. The molecule has 0 unspecified atom stereocenters. The van der Waals surface area contributed by atoms with Gasteiger partial charge in [-0.25, -0.2) is 8.78 Å². The molecule has 0 saturated heterocycles. The lowest BCUT2D eigenvalue weighted by Crippen LogP contribution is -2.28. The summed E-state index contributed by atoms with van der Waals surface area (Å²) in [5.74, 6) is -1.72. The third-order valence-electron chi connectivity index (χ3n) is 3.23. The Bertz CT molecular complexity index is 852. The minimum atomic E-state index is -1.07. The van der Waals surface area contributed by atoms with Crippen molar-refractivity contribution in [3.8, 4) is 17.3 Å². The molecule has 6 nitrogen and oxygen atoms in total. The van der Waals surface area contributed by atoms with Crippen LogP contribution in [0.15, 0.2) is 53.1 Å². The third kappa shape index (κ3) is 4.17. The number of hydrogen-bond acceptors (Lipinski definition) is 5. The monoisotopic (exact) mass is 345 g/mol. The number of nitrogens with one attached hydrogen (secondary N) is 1. The summed E-state index contributed by atoms with van der Waals surface area (Å²) in [6.07, 6.45) is 1.54. The summed E-state index contributed by atoms with van der Waals surface area (Å²) in [7, 11) is 0. The van der Waals surface area contributed by atoms with Crippen molar-refractivity contribution in [3.63, 3.8) is 0 Å². The SMILES string of the molecule is O=C(NCCOc1ccc(-c2ccco2)nn1)c1ccc(F)c(F)c1. The smallest absolute Gasteiger partial charge is 0.251 e. The minimum absolute atomic E-state index is 0.0292. The molecule has 0 aliphatic heterocycles. The number of nitrogens with zero attached hydrogens (tertiary/aromatic N) is 2. The lowest BCUT2D eigenvalue weighted by atomic mass is 10.2. The fourth-order valence-electron chi connectivity index (χ4n) is 2.01. The summed E-state index contributed by atoms with van der Waals surface area (Å²) >= 11 is 0. The van der Waals surface area contributed by atoms with E-state index < -0.39 is 17.5 Å². The van der Waals surface area contributed by atoms with Gasteiger partial charge in [-0.3, -0.25) is 4.79 Å². The number of carbonyl (C=O) groups is 1. The zero-order valence-electron chi connectivity index (χ0n) is 12.9. The highest BCUT2D eigenvalue weighted by atomic mass is 19.2. The second kappa shape index (κ2) is 7.52. The van der Waals surface area contributed by atoms with Crippen LogP contribution < -0.4 is 10.1 Å². The maximum Gasteiger partial charge on any atom is 0.251 e. The van der Waals surface area contributed by atoms with Crippen molar-refractivity contribution in [2.75, 3.05) is 13.2 Å². The van der Waals surface area contributed by atoms with E-state index in [0.717, 1.165) is 12.1 Å². The highest BCUT2D eigenvalue weighted by Gasteiger charge is 2.09. The van der Waals surface area contributed by atoms with Crippen LogP contribution in [0, 0.1) is 11.6 Å². The Labute approximate surface area is 141 Å². The van der Waals surface area contributed by atoms with Crippen molar-refractivity contribution >= 4 is 5.91 Å². The van der Waals surface area contributed by atoms with E-state index >= 15 is 0 Å². The molecule has 0 aliphatic rings. The topological polar surface area (TPSA) is 77.2 Å². The summed E-state index contributed by atoms with van der Waals surface area (Å²) in [6, 6.07) is 9.77. The molecule has 0 aliphatic carbocycles. The Morgan fingerprint density at radius 2 is 2.00 bits per heavy atom. The Balaban J connectivity index is 1.46. The van der Waals surface area contributed by atoms with Crippen LogP contribution in [0.25, 0.3) is 11.5 Å². The lowest BCUT2D eigenvalue weighted by molar-refractivity contribution is 0.0946. The number of carbonyl (C=O) groups excluding carboxylic acids is 1. The molecule has 0 radical (unpaired) electrons. The molecule has 3 rings (SSSR count). The maximum atomic E-state index is 13.1. The standard InChI is InChI=1S/C17H13F2N3O3/c18-12-4-3-11(10-13(12)19)17(23)20-7-9-25-16-6-5-14(21-22-16)15-2-1-8-24-15/h1-6,8,10H,7,9H2,(H,20,23). The fraction of sp³-hybridized carbons (Fsp3) is 0.118. The minimum Gasteiger partial charge on any atom is -0.475 e.